The van der Waals surface area contributed by atoms with Crippen molar-refractivity contribution in [3.05, 3.63) is 185 Å². The van der Waals surface area contributed by atoms with Crippen LogP contribution >= 0.6 is 0 Å². The number of allylic oxidation sites excluding steroid dienone is 4. The lowest BCUT2D eigenvalue weighted by Crippen LogP contribution is -2.27. The zero-order valence-electron chi connectivity index (χ0n) is 30.9. The van der Waals surface area contributed by atoms with Gasteiger partial charge in [-0.15, -0.1) is 0 Å². The predicted molar refractivity (Wildman–Crippen MR) is 222 cm³/mol. The van der Waals surface area contributed by atoms with E-state index in [0.29, 0.717) is 35.1 Å². The lowest BCUT2D eigenvalue weighted by atomic mass is 9.69. The average Bonchev–Trinajstić information content (AvgIpc) is 3.93. The van der Waals surface area contributed by atoms with Gasteiger partial charge in [0.25, 0.3) is 0 Å². The number of phenolic OH excluding ortho intramolecular Hbond substituents is 1. The number of rotatable bonds is 3. The molecule has 7 aromatic rings. The van der Waals surface area contributed by atoms with Crippen molar-refractivity contribution in [3.63, 3.8) is 0 Å². The third-order valence-electron chi connectivity index (χ3n) is 12.5. The maximum atomic E-state index is 10.9. The van der Waals surface area contributed by atoms with Crippen LogP contribution in [0.2, 0.25) is 0 Å². The van der Waals surface area contributed by atoms with Crippen LogP contribution in [0.3, 0.4) is 0 Å². The summed E-state index contributed by atoms with van der Waals surface area (Å²) in [5, 5.41) is 10.9. The quantitative estimate of drug-likeness (QED) is 0.198. The molecule has 0 bridgehead atoms. The monoisotopic (exact) mass is 709 g/mol. The highest BCUT2D eigenvalue weighted by Gasteiger charge is 2.52. The molecule has 5 aliphatic rings. The summed E-state index contributed by atoms with van der Waals surface area (Å²) in [7, 11) is 0. The molecule has 4 nitrogen and oxygen atoms in total. The summed E-state index contributed by atoms with van der Waals surface area (Å²) in [5.74, 6) is 3.05. The van der Waals surface area contributed by atoms with Gasteiger partial charge in [-0.2, -0.15) is 0 Å². The van der Waals surface area contributed by atoms with Gasteiger partial charge in [-0.3, -0.25) is 0 Å². The van der Waals surface area contributed by atoms with E-state index in [1.165, 1.54) is 50.1 Å². The molecule has 55 heavy (non-hydrogen) atoms. The highest BCUT2D eigenvalue weighted by atomic mass is 16.3. The van der Waals surface area contributed by atoms with E-state index in [1.807, 2.05) is 44.2 Å². The molecule has 0 amide bonds. The normalized spacial score (nSPS) is 20.0. The highest BCUT2D eigenvalue weighted by Crippen LogP contribution is 2.66. The standard InChI is InChI=1S/C49H33N3O.C2H6/c53-43-23-11-18-35-34-17-10-19-36(44(34)37-27-38(37)45(35)43)48-51-46(28-12-2-1-3-13-28)50-47(52-48)29-24-25-33-32-16-6-9-22-41(32)49(42(33)26-29)39-20-7-4-14-30(39)31-15-5-8-21-40(31)49;1-2/h1-4,6-14,16-26,37-38,53H,5,15,27H2;1-2H3. The van der Waals surface area contributed by atoms with Crippen molar-refractivity contribution in [3.8, 4) is 62.2 Å². The number of aromatic hydroxyl groups is 1. The van der Waals surface area contributed by atoms with Crippen LogP contribution in [-0.4, -0.2) is 20.1 Å². The second-order valence-electron chi connectivity index (χ2n) is 15.1. The van der Waals surface area contributed by atoms with E-state index in [0.717, 1.165) is 52.6 Å². The van der Waals surface area contributed by atoms with Crippen LogP contribution in [0.1, 0.15) is 78.3 Å². The van der Waals surface area contributed by atoms with E-state index in [1.54, 1.807) is 0 Å². The van der Waals surface area contributed by atoms with E-state index in [4.69, 9.17) is 15.0 Å². The first-order valence-electron chi connectivity index (χ1n) is 19.7. The van der Waals surface area contributed by atoms with Gasteiger partial charge in [0.2, 0.25) is 0 Å². The van der Waals surface area contributed by atoms with Crippen molar-refractivity contribution >= 4 is 5.57 Å². The van der Waals surface area contributed by atoms with E-state index in [2.05, 4.69) is 115 Å². The van der Waals surface area contributed by atoms with Gasteiger partial charge in [-0.25, -0.2) is 15.0 Å². The van der Waals surface area contributed by atoms with E-state index < -0.39 is 5.41 Å². The summed E-state index contributed by atoms with van der Waals surface area (Å²) in [6, 6.07) is 47.5. The molecule has 3 atom stereocenters. The molecule has 1 heterocycles. The summed E-state index contributed by atoms with van der Waals surface area (Å²) < 4.78 is 0. The molecule has 6 aromatic carbocycles. The van der Waals surface area contributed by atoms with Gasteiger partial charge in [-0.1, -0.05) is 147 Å². The number of hydrogen-bond acceptors (Lipinski definition) is 4. The van der Waals surface area contributed by atoms with Gasteiger partial charge >= 0.3 is 0 Å². The van der Waals surface area contributed by atoms with Gasteiger partial charge in [-0.05, 0) is 104 Å². The Bertz CT molecular complexity index is 2800. The molecular formula is C51H39N3O. The summed E-state index contributed by atoms with van der Waals surface area (Å²) >= 11 is 0. The van der Waals surface area contributed by atoms with Crippen molar-refractivity contribution in [1.29, 1.82) is 0 Å². The maximum absolute atomic E-state index is 10.9. The van der Waals surface area contributed by atoms with E-state index >= 15 is 0 Å². The Labute approximate surface area is 321 Å². The predicted octanol–water partition coefficient (Wildman–Crippen LogP) is 12.3. The van der Waals surface area contributed by atoms with Crippen molar-refractivity contribution in [2.24, 2.45) is 0 Å². The summed E-state index contributed by atoms with van der Waals surface area (Å²) in [5.41, 5.74) is 18.0. The molecule has 0 aliphatic heterocycles. The van der Waals surface area contributed by atoms with Gasteiger partial charge in [0, 0.05) is 22.3 Å². The number of phenols is 1. The smallest absolute Gasteiger partial charge is 0.164 e. The number of fused-ring (bicyclic) bond motifs is 15. The molecular weight excluding hydrogens is 671 g/mol. The minimum Gasteiger partial charge on any atom is -0.508 e. The second-order valence-corrected chi connectivity index (χ2v) is 15.1. The summed E-state index contributed by atoms with van der Waals surface area (Å²) in [6.07, 6.45) is 7.87. The molecule has 1 saturated carbocycles. The van der Waals surface area contributed by atoms with Gasteiger partial charge in [0.1, 0.15) is 5.75 Å². The molecule has 0 radical (unpaired) electrons. The van der Waals surface area contributed by atoms with Crippen molar-refractivity contribution in [1.82, 2.24) is 15.0 Å². The SMILES string of the molecule is CC.Oc1cccc2c1C1CC1c1c(-c3nc(-c4ccccc4)nc(-c4ccc5c(c4)C4(C6=C(CCC=C6)c6ccccc64)c4ccccc4-5)n3)cccc1-2. The molecule has 264 valence electrons. The fourth-order valence-corrected chi connectivity index (χ4v) is 10.3. The Morgan fingerprint density at radius 2 is 1.13 bits per heavy atom. The van der Waals surface area contributed by atoms with Crippen molar-refractivity contribution in [2.75, 3.05) is 0 Å². The van der Waals surface area contributed by atoms with E-state index in [-0.39, 0.29) is 0 Å². The Kier molecular flexibility index (Phi) is 7.03. The van der Waals surface area contributed by atoms with E-state index in [9.17, 15) is 5.11 Å². The zero-order chi connectivity index (χ0) is 36.8. The van der Waals surface area contributed by atoms with Crippen LogP contribution in [0, 0.1) is 0 Å². The molecule has 1 fully saturated rings. The Hall–Kier alpha value is -6.39. The summed E-state index contributed by atoms with van der Waals surface area (Å²) in [6.45, 7) is 4.00. The Morgan fingerprint density at radius 3 is 1.95 bits per heavy atom. The maximum Gasteiger partial charge on any atom is 0.164 e. The van der Waals surface area contributed by atoms with Crippen LogP contribution in [0.4, 0.5) is 0 Å². The Balaban J connectivity index is 0.00000173. The fourth-order valence-electron chi connectivity index (χ4n) is 10.3. The molecule has 3 unspecified atom stereocenters. The first-order valence-corrected chi connectivity index (χ1v) is 19.7. The van der Waals surface area contributed by atoms with Crippen LogP contribution in [-0.2, 0) is 5.41 Å². The van der Waals surface area contributed by atoms with Crippen LogP contribution in [0.25, 0.3) is 62.0 Å². The van der Waals surface area contributed by atoms with Gasteiger partial charge in [0.15, 0.2) is 17.5 Å². The molecule has 4 heteroatoms. The zero-order valence-corrected chi connectivity index (χ0v) is 30.9. The summed E-state index contributed by atoms with van der Waals surface area (Å²) in [4.78, 5) is 15.8. The van der Waals surface area contributed by atoms with Gasteiger partial charge < -0.3 is 5.11 Å². The molecule has 1 spiro atoms. The molecule has 12 rings (SSSR count). The third-order valence-corrected chi connectivity index (χ3v) is 12.5. The molecule has 1 N–H and O–H groups in total. The lowest BCUT2D eigenvalue weighted by molar-refractivity contribution is 0.468. The van der Waals surface area contributed by atoms with Crippen LogP contribution in [0.15, 0.2) is 151 Å². The minimum absolute atomic E-state index is 0.312. The minimum atomic E-state index is -0.401. The number of benzene rings is 6. The number of hydrogen-bond donors (Lipinski definition) is 1. The van der Waals surface area contributed by atoms with Crippen LogP contribution < -0.4 is 0 Å². The second kappa shape index (κ2) is 12.1. The van der Waals surface area contributed by atoms with Crippen molar-refractivity contribution < 1.29 is 5.11 Å². The Morgan fingerprint density at radius 1 is 0.527 bits per heavy atom. The van der Waals surface area contributed by atoms with Crippen LogP contribution in [0.5, 0.6) is 5.75 Å². The number of aromatic nitrogens is 3. The molecule has 1 aromatic heterocycles. The van der Waals surface area contributed by atoms with Gasteiger partial charge in [0.05, 0.1) is 5.41 Å². The first kappa shape index (κ1) is 32.1. The highest BCUT2D eigenvalue weighted by molar-refractivity contribution is 5.97. The lowest BCUT2D eigenvalue weighted by Gasteiger charge is -2.32. The first-order chi connectivity index (χ1) is 27.2. The topological polar surface area (TPSA) is 58.9 Å². The number of nitrogens with zero attached hydrogens (tertiary/aromatic N) is 3. The molecule has 0 saturated heterocycles. The largest absolute Gasteiger partial charge is 0.508 e. The third kappa shape index (κ3) is 4.42. The average molecular weight is 710 g/mol. The molecule has 5 aliphatic carbocycles. The fraction of sp³-hybridized carbons (Fsp3) is 0.157. The van der Waals surface area contributed by atoms with Crippen molar-refractivity contribution in [2.45, 2.75) is 50.4 Å².